The predicted molar refractivity (Wildman–Crippen MR) is 126 cm³/mol. The Morgan fingerprint density at radius 2 is 1.84 bits per heavy atom. The third-order valence-electron chi connectivity index (χ3n) is 5.58. The largest absolute Gasteiger partial charge is 0.478 e. The molecule has 2 heterocycles. The summed E-state index contributed by atoms with van der Waals surface area (Å²) in [6.45, 7) is 4.27. The molecule has 0 atom stereocenters. The third kappa shape index (κ3) is 4.16. The van der Waals surface area contributed by atoms with Crippen LogP contribution >= 0.6 is 11.6 Å². The summed E-state index contributed by atoms with van der Waals surface area (Å²) in [6.07, 6.45) is 4.36. The first kappa shape index (κ1) is 21.8. The molecule has 7 nitrogen and oxygen atoms in total. The zero-order valence-electron chi connectivity index (χ0n) is 18.4. The number of fused-ring (bicyclic) bond motifs is 1. The van der Waals surface area contributed by atoms with Gasteiger partial charge >= 0.3 is 5.97 Å². The fourth-order valence-electron chi connectivity index (χ4n) is 3.85. The van der Waals surface area contributed by atoms with E-state index in [1.54, 1.807) is 0 Å². The number of aromatic nitrogens is 4. The second-order valence-corrected chi connectivity index (χ2v) is 8.46. The van der Waals surface area contributed by atoms with Gasteiger partial charge in [0.15, 0.2) is 0 Å². The van der Waals surface area contributed by atoms with Crippen molar-refractivity contribution in [1.82, 2.24) is 19.7 Å². The van der Waals surface area contributed by atoms with Crippen LogP contribution in [0.1, 0.15) is 32.6 Å². The Hall–Kier alpha value is -3.45. The van der Waals surface area contributed by atoms with Crippen molar-refractivity contribution >= 4 is 34.3 Å². The molecule has 0 spiro atoms. The molecule has 0 radical (unpaired) electrons. The molecular weight excluding hydrogens is 426 g/mol. The molecule has 2 aromatic carbocycles. The Morgan fingerprint density at radius 3 is 2.47 bits per heavy atom. The fraction of sp³-hybridized carbons (Fsp3) is 0.250. The monoisotopic (exact) mass is 449 g/mol. The van der Waals surface area contributed by atoms with E-state index in [1.165, 1.54) is 33.8 Å². The van der Waals surface area contributed by atoms with Gasteiger partial charge in [-0.1, -0.05) is 29.8 Å². The van der Waals surface area contributed by atoms with Crippen LogP contribution < -0.4 is 4.90 Å². The highest BCUT2D eigenvalue weighted by Gasteiger charge is 2.16. The van der Waals surface area contributed by atoms with Crippen LogP contribution in [0.5, 0.6) is 0 Å². The van der Waals surface area contributed by atoms with Gasteiger partial charge < -0.3 is 10.0 Å². The van der Waals surface area contributed by atoms with Crippen LogP contribution in [0.3, 0.4) is 0 Å². The lowest BCUT2D eigenvalue weighted by Crippen LogP contribution is -2.14. The SMILES string of the molecule is Cc1cccc(C)c1CCc1cc2c(N(C)C)nc(-n3cc(C(=O)O)cn3)nc2cc1Cl. The van der Waals surface area contributed by atoms with Gasteiger partial charge in [-0.15, -0.1) is 0 Å². The number of carboxylic acid groups (broad SMARTS) is 1. The maximum Gasteiger partial charge on any atom is 0.338 e. The molecule has 0 aliphatic carbocycles. The maximum absolute atomic E-state index is 11.2. The van der Waals surface area contributed by atoms with Crippen molar-refractivity contribution < 1.29 is 9.90 Å². The number of anilines is 1. The molecule has 0 saturated heterocycles. The average Bonchev–Trinajstić information content (AvgIpc) is 3.23. The van der Waals surface area contributed by atoms with Crippen LogP contribution in [-0.2, 0) is 12.8 Å². The van der Waals surface area contributed by atoms with E-state index >= 15 is 0 Å². The molecule has 0 saturated carbocycles. The zero-order valence-corrected chi connectivity index (χ0v) is 19.2. The van der Waals surface area contributed by atoms with Crippen molar-refractivity contribution in [1.29, 1.82) is 0 Å². The molecule has 1 N–H and O–H groups in total. The minimum absolute atomic E-state index is 0.0694. The highest BCUT2D eigenvalue weighted by Crippen LogP contribution is 2.30. The van der Waals surface area contributed by atoms with Gasteiger partial charge in [0, 0.05) is 30.7 Å². The van der Waals surface area contributed by atoms with Crippen molar-refractivity contribution in [3.8, 4) is 5.95 Å². The van der Waals surface area contributed by atoms with Crippen molar-refractivity contribution in [3.63, 3.8) is 0 Å². The molecule has 0 fully saturated rings. The number of carboxylic acids is 1. The summed E-state index contributed by atoms with van der Waals surface area (Å²) >= 11 is 6.65. The summed E-state index contributed by atoms with van der Waals surface area (Å²) < 4.78 is 1.36. The fourth-order valence-corrected chi connectivity index (χ4v) is 4.10. The highest BCUT2D eigenvalue weighted by atomic mass is 35.5. The van der Waals surface area contributed by atoms with E-state index in [0.717, 1.165) is 23.8 Å². The van der Waals surface area contributed by atoms with Gasteiger partial charge in [-0.05, 0) is 61.1 Å². The Labute approximate surface area is 191 Å². The lowest BCUT2D eigenvalue weighted by molar-refractivity contribution is 0.0697. The van der Waals surface area contributed by atoms with E-state index in [-0.39, 0.29) is 11.5 Å². The van der Waals surface area contributed by atoms with Gasteiger partial charge in [-0.2, -0.15) is 10.1 Å². The smallest absolute Gasteiger partial charge is 0.338 e. The zero-order chi connectivity index (χ0) is 23.0. The quantitative estimate of drug-likeness (QED) is 0.461. The summed E-state index contributed by atoms with van der Waals surface area (Å²) in [5, 5.41) is 14.8. The van der Waals surface area contributed by atoms with Crippen LogP contribution in [0.4, 0.5) is 5.82 Å². The summed E-state index contributed by atoms with van der Waals surface area (Å²) in [7, 11) is 3.81. The predicted octanol–water partition coefficient (Wildman–Crippen LogP) is 4.64. The van der Waals surface area contributed by atoms with Crippen LogP contribution in [0, 0.1) is 13.8 Å². The van der Waals surface area contributed by atoms with E-state index in [4.69, 9.17) is 11.6 Å². The molecule has 4 aromatic rings. The normalized spacial score (nSPS) is 11.2. The van der Waals surface area contributed by atoms with Gasteiger partial charge in [0.05, 0.1) is 17.3 Å². The standard InChI is InChI=1S/C24H24ClN5O2/c1-14-6-5-7-15(2)18(14)9-8-16-10-19-21(11-20(16)25)27-24(28-22(19)29(3)4)30-13-17(12-26-30)23(31)32/h5-7,10-13H,8-9H2,1-4H3,(H,31,32). The van der Waals surface area contributed by atoms with Crippen LogP contribution in [0.2, 0.25) is 5.02 Å². The number of carbonyl (C=O) groups is 1. The summed E-state index contributed by atoms with van der Waals surface area (Å²) in [5.41, 5.74) is 5.68. The van der Waals surface area contributed by atoms with E-state index in [2.05, 4.69) is 53.2 Å². The van der Waals surface area contributed by atoms with Crippen molar-refractivity contribution in [3.05, 3.63) is 75.6 Å². The lowest BCUT2D eigenvalue weighted by Gasteiger charge is -2.17. The Morgan fingerprint density at radius 1 is 1.12 bits per heavy atom. The first-order chi connectivity index (χ1) is 15.2. The van der Waals surface area contributed by atoms with Gasteiger partial charge in [0.2, 0.25) is 0 Å². The number of hydrogen-bond donors (Lipinski definition) is 1. The van der Waals surface area contributed by atoms with Crippen molar-refractivity contribution in [2.24, 2.45) is 0 Å². The van der Waals surface area contributed by atoms with Crippen LogP contribution in [0.25, 0.3) is 16.9 Å². The van der Waals surface area contributed by atoms with E-state index < -0.39 is 5.97 Å². The second-order valence-electron chi connectivity index (χ2n) is 8.05. The summed E-state index contributed by atoms with van der Waals surface area (Å²) in [4.78, 5) is 22.3. The molecule has 0 aliphatic heterocycles. The van der Waals surface area contributed by atoms with Crippen molar-refractivity contribution in [2.75, 3.05) is 19.0 Å². The van der Waals surface area contributed by atoms with Crippen LogP contribution in [0.15, 0.2) is 42.7 Å². The molecule has 0 amide bonds. The van der Waals surface area contributed by atoms with Crippen LogP contribution in [-0.4, -0.2) is 44.9 Å². The van der Waals surface area contributed by atoms with Gasteiger partial charge in [0.1, 0.15) is 5.82 Å². The third-order valence-corrected chi connectivity index (χ3v) is 5.93. The summed E-state index contributed by atoms with van der Waals surface area (Å²) in [6, 6.07) is 10.2. The Bertz CT molecular complexity index is 1310. The number of rotatable bonds is 6. The molecule has 0 bridgehead atoms. The highest BCUT2D eigenvalue weighted by molar-refractivity contribution is 6.32. The molecular formula is C24H24ClN5O2. The molecule has 0 unspecified atom stereocenters. The van der Waals surface area contributed by atoms with Crippen molar-refractivity contribution in [2.45, 2.75) is 26.7 Å². The number of nitrogens with zero attached hydrogens (tertiary/aromatic N) is 5. The number of hydrogen-bond acceptors (Lipinski definition) is 5. The number of aromatic carboxylic acids is 1. The molecule has 0 aliphatic rings. The first-order valence-corrected chi connectivity index (χ1v) is 10.6. The number of benzene rings is 2. The van der Waals surface area contributed by atoms with Gasteiger partial charge in [-0.25, -0.2) is 14.5 Å². The lowest BCUT2D eigenvalue weighted by atomic mass is 9.96. The second kappa shape index (κ2) is 8.59. The average molecular weight is 450 g/mol. The minimum Gasteiger partial charge on any atom is -0.478 e. The van der Waals surface area contributed by atoms with Gasteiger partial charge in [-0.3, -0.25) is 0 Å². The maximum atomic E-state index is 11.2. The Kier molecular flexibility index (Phi) is 5.84. The Balaban J connectivity index is 1.75. The molecule has 2 aromatic heterocycles. The molecule has 32 heavy (non-hydrogen) atoms. The van der Waals surface area contributed by atoms with E-state index in [9.17, 15) is 9.90 Å². The van der Waals surface area contributed by atoms with E-state index in [1.807, 2.05) is 25.1 Å². The molecule has 8 heteroatoms. The van der Waals surface area contributed by atoms with Gasteiger partial charge in [0.25, 0.3) is 5.95 Å². The topological polar surface area (TPSA) is 84.1 Å². The number of aryl methyl sites for hydroxylation is 3. The first-order valence-electron chi connectivity index (χ1n) is 10.3. The van der Waals surface area contributed by atoms with E-state index in [0.29, 0.717) is 16.4 Å². The summed E-state index contributed by atoms with van der Waals surface area (Å²) in [5.74, 6) is -0.0585. The minimum atomic E-state index is -1.05. The number of halogens is 1. The molecule has 4 rings (SSSR count). The molecule has 164 valence electrons.